The number of unbranched alkanes of at least 4 members (excludes halogenated alkanes) is 15. The molecule has 0 spiro atoms. The summed E-state index contributed by atoms with van der Waals surface area (Å²) in [6, 6.07) is 0. The second-order valence-electron chi connectivity index (χ2n) is 6.74. The Labute approximate surface area is 175 Å². The fourth-order valence-corrected chi connectivity index (χ4v) is 2.88. The molecular weight excluding hydrogens is 366 g/mol. The largest absolute Gasteiger partial charge is 0.473 e. The van der Waals surface area contributed by atoms with Crippen LogP contribution in [-0.2, 0) is 36.0 Å². The van der Waals surface area contributed by atoms with Gasteiger partial charge in [0.2, 0.25) is 0 Å². The van der Waals surface area contributed by atoms with Crippen molar-refractivity contribution in [2.24, 2.45) is 0 Å². The fourth-order valence-electron chi connectivity index (χ4n) is 2.88. The number of hydrogen-bond acceptors (Lipinski definition) is 4. The molecule has 0 aliphatic carbocycles. The zero-order chi connectivity index (χ0) is 17.9. The van der Waals surface area contributed by atoms with Crippen LogP contribution in [0.2, 0.25) is 0 Å². The number of carboxylic acids is 1. The summed E-state index contributed by atoms with van der Waals surface area (Å²) in [4.78, 5) is 20.9. The molecule has 5 nitrogen and oxygen atoms in total. The van der Waals surface area contributed by atoms with Gasteiger partial charge in [0.1, 0.15) is 0 Å². The third kappa shape index (κ3) is 23.6. The van der Waals surface area contributed by atoms with Crippen LogP contribution in [0.3, 0.4) is 0 Å². The summed E-state index contributed by atoms with van der Waals surface area (Å²) in [6.45, 7) is 2.49. The molecule has 0 amide bonds. The minimum atomic E-state index is -1.51. The van der Waals surface area contributed by atoms with E-state index in [4.69, 9.17) is 5.11 Å². The van der Waals surface area contributed by atoms with E-state index in [1.807, 2.05) is 0 Å². The van der Waals surface area contributed by atoms with Crippen LogP contribution in [0.1, 0.15) is 110 Å². The van der Waals surface area contributed by atoms with Crippen LogP contribution in [0.15, 0.2) is 0 Å². The number of ether oxygens (including phenoxy) is 1. The normalized spacial score (nSPS) is 9.88. The van der Waals surface area contributed by atoms with Crippen molar-refractivity contribution >= 4 is 11.9 Å². The molecule has 0 aromatic rings. The summed E-state index contributed by atoms with van der Waals surface area (Å²) in [6.07, 6.45) is 20.7. The number of aliphatic carboxylic acids is 1. The molecule has 0 saturated heterocycles. The Kier molecular flexibility index (Phi) is 28.7. The van der Waals surface area contributed by atoms with Crippen molar-refractivity contribution in [3.05, 3.63) is 0 Å². The van der Waals surface area contributed by atoms with Gasteiger partial charge in [-0.05, 0) is 6.42 Å². The number of carbonyl (C=O) groups excluding carboxylic acids is 1. The van der Waals surface area contributed by atoms with Crippen molar-refractivity contribution < 1.29 is 41.2 Å². The third-order valence-corrected chi connectivity index (χ3v) is 4.41. The monoisotopic (exact) mass is 407 g/mol. The van der Waals surface area contributed by atoms with Crippen molar-refractivity contribution in [2.45, 2.75) is 110 Å². The van der Waals surface area contributed by atoms with Gasteiger partial charge in [-0.1, -0.05) is 103 Å². The smallest absolute Gasteiger partial charge is 0.417 e. The van der Waals surface area contributed by atoms with Gasteiger partial charge in [0.15, 0.2) is 0 Å². The number of carboxylic acid groups (broad SMARTS) is 1. The van der Waals surface area contributed by atoms with Crippen LogP contribution in [0.25, 0.3) is 0 Å². The summed E-state index contributed by atoms with van der Waals surface area (Å²) in [7, 11) is 0. The summed E-state index contributed by atoms with van der Waals surface area (Å²) < 4.78 is 4.58. The van der Waals surface area contributed by atoms with E-state index in [1.54, 1.807) is 0 Å². The van der Waals surface area contributed by atoms with E-state index < -0.39 is 11.9 Å². The molecule has 26 heavy (non-hydrogen) atoms. The molecule has 0 fully saturated rings. The standard InChI is InChI=1S/C20H38O4.H3N.Ti/c1-2-3-4-5-6-7-8-9-10-11-12-13-14-15-16-17-18-24-20(23)19(21)22;;/h2-18H2,1H3,(H,21,22);1H3;. The molecule has 154 valence electrons. The van der Waals surface area contributed by atoms with E-state index in [-0.39, 0.29) is 34.5 Å². The summed E-state index contributed by atoms with van der Waals surface area (Å²) in [5, 5.41) is 8.34. The van der Waals surface area contributed by atoms with Crippen LogP contribution in [0.4, 0.5) is 0 Å². The van der Waals surface area contributed by atoms with Gasteiger partial charge in [-0.2, -0.15) is 0 Å². The van der Waals surface area contributed by atoms with E-state index in [0.29, 0.717) is 0 Å². The van der Waals surface area contributed by atoms with Crippen LogP contribution in [-0.4, -0.2) is 23.7 Å². The van der Waals surface area contributed by atoms with Gasteiger partial charge in [-0.15, -0.1) is 0 Å². The zero-order valence-corrected chi connectivity index (χ0v) is 18.5. The first-order valence-electron chi connectivity index (χ1n) is 10.1. The van der Waals surface area contributed by atoms with Crippen LogP contribution in [0, 0.1) is 0 Å². The Balaban J connectivity index is -0.00000264. The summed E-state index contributed by atoms with van der Waals surface area (Å²) in [5.74, 6) is -2.65. The second kappa shape index (κ2) is 24.6. The molecule has 0 saturated carbocycles. The molecular formula is C20H41NO4Ti. The van der Waals surface area contributed by atoms with E-state index in [0.717, 1.165) is 19.3 Å². The van der Waals surface area contributed by atoms with Crippen molar-refractivity contribution in [3.8, 4) is 0 Å². The Bertz CT molecular complexity index is 314. The first-order valence-corrected chi connectivity index (χ1v) is 10.1. The van der Waals surface area contributed by atoms with Crippen molar-refractivity contribution in [2.75, 3.05) is 6.61 Å². The van der Waals surface area contributed by atoms with Gasteiger partial charge in [0, 0.05) is 21.7 Å². The van der Waals surface area contributed by atoms with Gasteiger partial charge in [-0.25, -0.2) is 9.59 Å². The fraction of sp³-hybridized carbons (Fsp3) is 0.900. The average molecular weight is 407 g/mol. The molecule has 0 unspecified atom stereocenters. The Hall–Kier alpha value is -0.386. The Morgan fingerprint density at radius 1 is 0.654 bits per heavy atom. The molecule has 0 aromatic carbocycles. The first-order chi connectivity index (χ1) is 11.7. The predicted octanol–water partition coefficient (Wildman–Crippen LogP) is 6.04. The SMILES string of the molecule is CCCCCCCCCCCCCCCCCCOC(=O)C(=O)O.N.[Ti]. The predicted molar refractivity (Wildman–Crippen MR) is 103 cm³/mol. The molecule has 0 aromatic heterocycles. The number of esters is 1. The van der Waals surface area contributed by atoms with E-state index in [9.17, 15) is 9.59 Å². The number of carbonyl (C=O) groups is 2. The summed E-state index contributed by atoms with van der Waals surface area (Å²) >= 11 is 0. The van der Waals surface area contributed by atoms with Crippen LogP contribution in [0.5, 0.6) is 0 Å². The van der Waals surface area contributed by atoms with Gasteiger partial charge in [0.25, 0.3) is 0 Å². The Morgan fingerprint density at radius 3 is 1.27 bits per heavy atom. The van der Waals surface area contributed by atoms with Gasteiger partial charge >= 0.3 is 11.9 Å². The molecule has 0 aliphatic heterocycles. The van der Waals surface area contributed by atoms with Gasteiger partial charge < -0.3 is 16.0 Å². The Morgan fingerprint density at radius 2 is 0.962 bits per heavy atom. The van der Waals surface area contributed by atoms with E-state index in [2.05, 4.69) is 11.7 Å². The molecule has 6 heteroatoms. The van der Waals surface area contributed by atoms with E-state index >= 15 is 0 Å². The quantitative estimate of drug-likeness (QED) is 0.133. The molecule has 0 aliphatic rings. The van der Waals surface area contributed by atoms with Crippen molar-refractivity contribution in [1.82, 2.24) is 6.15 Å². The van der Waals surface area contributed by atoms with Crippen molar-refractivity contribution in [1.29, 1.82) is 0 Å². The van der Waals surface area contributed by atoms with Crippen LogP contribution >= 0.6 is 0 Å². The molecule has 4 N–H and O–H groups in total. The minimum absolute atomic E-state index is 0. The molecule has 0 heterocycles. The third-order valence-electron chi connectivity index (χ3n) is 4.41. The van der Waals surface area contributed by atoms with Gasteiger partial charge in [0.05, 0.1) is 6.61 Å². The maximum absolute atomic E-state index is 10.7. The summed E-state index contributed by atoms with van der Waals surface area (Å²) in [5.41, 5.74) is 0. The first kappa shape index (κ1) is 30.3. The number of hydrogen-bond donors (Lipinski definition) is 2. The maximum Gasteiger partial charge on any atom is 0.417 e. The van der Waals surface area contributed by atoms with Crippen LogP contribution < -0.4 is 6.15 Å². The number of rotatable bonds is 17. The average Bonchev–Trinajstić information content (AvgIpc) is 2.57. The topological polar surface area (TPSA) is 98.6 Å². The second-order valence-corrected chi connectivity index (χ2v) is 6.74. The zero-order valence-electron chi connectivity index (χ0n) is 16.9. The molecule has 0 rings (SSSR count). The molecule has 0 radical (unpaired) electrons. The van der Waals surface area contributed by atoms with Crippen molar-refractivity contribution in [3.63, 3.8) is 0 Å². The minimum Gasteiger partial charge on any atom is -0.473 e. The maximum atomic E-state index is 10.7. The van der Waals surface area contributed by atoms with E-state index in [1.165, 1.54) is 83.5 Å². The molecule has 0 atom stereocenters. The van der Waals surface area contributed by atoms with Gasteiger partial charge in [-0.3, -0.25) is 0 Å². The molecule has 0 bridgehead atoms.